The van der Waals surface area contributed by atoms with Crippen molar-refractivity contribution in [3.63, 3.8) is 0 Å². The normalized spacial score (nSPS) is 17.3. The number of hydrogen-bond acceptors (Lipinski definition) is 1. The van der Waals surface area contributed by atoms with E-state index < -0.39 is 36.4 Å². The Labute approximate surface area is 144 Å². The van der Waals surface area contributed by atoms with Crippen molar-refractivity contribution >= 4 is 23.3 Å². The average Bonchev–Trinajstić information content (AvgIpc) is 2.50. The first kappa shape index (κ1) is 17.5. The molecule has 1 heterocycles. The van der Waals surface area contributed by atoms with E-state index in [9.17, 15) is 26.7 Å². The highest BCUT2D eigenvalue weighted by Crippen LogP contribution is 2.40. The molecule has 3 nitrogen and oxygen atoms in total. The van der Waals surface area contributed by atoms with Crippen LogP contribution < -0.4 is 5.32 Å². The summed E-state index contributed by atoms with van der Waals surface area (Å²) in [6, 6.07) is 4.72. The Morgan fingerprint density at radius 3 is 2.44 bits per heavy atom. The van der Waals surface area contributed by atoms with Crippen molar-refractivity contribution in [3.05, 3.63) is 64.2 Å². The number of fused-ring (bicyclic) bond motifs is 1. The number of nitrogens with one attached hydrogen (secondary N) is 1. The Morgan fingerprint density at radius 1 is 1.08 bits per heavy atom. The molecule has 1 unspecified atom stereocenters. The quantitative estimate of drug-likeness (QED) is 0.725. The van der Waals surface area contributed by atoms with E-state index in [4.69, 9.17) is 11.6 Å². The Morgan fingerprint density at radius 2 is 1.80 bits per heavy atom. The van der Waals surface area contributed by atoms with Crippen molar-refractivity contribution in [2.24, 2.45) is 0 Å². The van der Waals surface area contributed by atoms with Gasteiger partial charge in [0.2, 0.25) is 0 Å². The minimum absolute atomic E-state index is 0.00140. The van der Waals surface area contributed by atoms with Crippen LogP contribution in [0.1, 0.15) is 17.2 Å². The zero-order valence-corrected chi connectivity index (χ0v) is 13.1. The summed E-state index contributed by atoms with van der Waals surface area (Å²) in [6.45, 7) is -1.56. The number of alkyl halides is 3. The van der Waals surface area contributed by atoms with Crippen molar-refractivity contribution in [1.29, 1.82) is 0 Å². The fourth-order valence-electron chi connectivity index (χ4n) is 2.74. The number of amides is 2. The summed E-state index contributed by atoms with van der Waals surface area (Å²) in [5.74, 6) is -2.36. The highest BCUT2D eigenvalue weighted by atomic mass is 35.5. The van der Waals surface area contributed by atoms with Crippen LogP contribution in [0.25, 0.3) is 0 Å². The van der Waals surface area contributed by atoms with Gasteiger partial charge in [0, 0.05) is 16.3 Å². The molecule has 0 saturated carbocycles. The molecular formula is C16H10ClF5N2O. The molecule has 9 heteroatoms. The lowest BCUT2D eigenvalue weighted by Crippen LogP contribution is -2.47. The molecule has 1 aliphatic heterocycles. The highest BCUT2D eigenvalue weighted by Gasteiger charge is 2.41. The molecule has 1 atom stereocenters. The van der Waals surface area contributed by atoms with Gasteiger partial charge >= 0.3 is 12.2 Å². The molecular weight excluding hydrogens is 367 g/mol. The standard InChI is InChI=1S/C16H10ClF5N2O/c17-9-2-4-13-10(6-9)14(8-1-3-11(18)12(19)5-8)24(15(25)23-13)7-16(20,21)22/h1-6,14H,7H2,(H,23,25). The third-order valence-corrected chi connectivity index (χ3v) is 3.97. The van der Waals surface area contributed by atoms with E-state index in [2.05, 4.69) is 5.32 Å². The number of urea groups is 1. The van der Waals surface area contributed by atoms with Crippen molar-refractivity contribution in [1.82, 2.24) is 4.90 Å². The third kappa shape index (κ3) is 3.53. The second-order valence-corrected chi connectivity index (χ2v) is 5.92. The maximum absolute atomic E-state index is 13.6. The van der Waals surface area contributed by atoms with Gasteiger partial charge in [-0.05, 0) is 35.9 Å². The minimum atomic E-state index is -4.68. The summed E-state index contributed by atoms with van der Waals surface area (Å²) < 4.78 is 65.6. The van der Waals surface area contributed by atoms with Crippen LogP contribution in [-0.4, -0.2) is 23.7 Å². The maximum Gasteiger partial charge on any atom is 0.406 e. The largest absolute Gasteiger partial charge is 0.406 e. The Hall–Kier alpha value is -2.35. The van der Waals surface area contributed by atoms with Crippen LogP contribution in [0.5, 0.6) is 0 Å². The van der Waals surface area contributed by atoms with E-state index in [1.165, 1.54) is 18.2 Å². The summed E-state index contributed by atoms with van der Waals surface area (Å²) in [4.78, 5) is 12.7. The first-order chi connectivity index (χ1) is 11.7. The summed E-state index contributed by atoms with van der Waals surface area (Å²) in [5, 5.41) is 2.58. The smallest absolute Gasteiger partial charge is 0.307 e. The van der Waals surface area contributed by atoms with E-state index in [1.54, 1.807) is 0 Å². The van der Waals surface area contributed by atoms with E-state index in [1.807, 2.05) is 0 Å². The van der Waals surface area contributed by atoms with Gasteiger partial charge in [-0.1, -0.05) is 17.7 Å². The maximum atomic E-state index is 13.6. The fourth-order valence-corrected chi connectivity index (χ4v) is 2.92. The van der Waals surface area contributed by atoms with Gasteiger partial charge in [0.05, 0.1) is 6.04 Å². The van der Waals surface area contributed by atoms with Gasteiger partial charge in [0.25, 0.3) is 0 Å². The molecule has 0 spiro atoms. The number of benzene rings is 2. The van der Waals surface area contributed by atoms with Crippen LogP contribution in [0, 0.1) is 11.6 Å². The Balaban J connectivity index is 2.17. The number of halogens is 6. The lowest BCUT2D eigenvalue weighted by Gasteiger charge is -2.38. The Bertz CT molecular complexity index is 840. The number of rotatable bonds is 2. The van der Waals surface area contributed by atoms with E-state index >= 15 is 0 Å². The van der Waals surface area contributed by atoms with Gasteiger partial charge < -0.3 is 10.2 Å². The zero-order valence-electron chi connectivity index (χ0n) is 12.4. The molecule has 0 bridgehead atoms. The molecule has 1 N–H and O–H groups in total. The Kier molecular flexibility index (Phi) is 4.32. The highest BCUT2D eigenvalue weighted by molar-refractivity contribution is 6.30. The first-order valence-electron chi connectivity index (χ1n) is 7.04. The monoisotopic (exact) mass is 376 g/mol. The van der Waals surface area contributed by atoms with E-state index in [0.29, 0.717) is 4.90 Å². The molecule has 2 amide bonds. The second-order valence-electron chi connectivity index (χ2n) is 5.48. The molecule has 25 heavy (non-hydrogen) atoms. The predicted octanol–water partition coefficient (Wildman–Crippen LogP) is 5.12. The summed E-state index contributed by atoms with van der Waals surface area (Å²) in [5.41, 5.74) is 0.506. The average molecular weight is 377 g/mol. The lowest BCUT2D eigenvalue weighted by atomic mass is 9.93. The van der Waals surface area contributed by atoms with Crippen molar-refractivity contribution in [3.8, 4) is 0 Å². The van der Waals surface area contributed by atoms with Gasteiger partial charge in [-0.3, -0.25) is 0 Å². The van der Waals surface area contributed by atoms with Crippen LogP contribution in [0.3, 0.4) is 0 Å². The molecule has 0 radical (unpaired) electrons. The topological polar surface area (TPSA) is 32.3 Å². The van der Waals surface area contributed by atoms with E-state index in [0.717, 1.165) is 18.2 Å². The SMILES string of the molecule is O=C1Nc2ccc(Cl)cc2C(c2ccc(F)c(F)c2)N1CC(F)(F)F. The molecule has 1 aliphatic rings. The molecule has 2 aromatic rings. The molecule has 0 saturated heterocycles. The molecule has 0 fully saturated rings. The molecule has 0 aliphatic carbocycles. The van der Waals surface area contributed by atoms with E-state index in [-0.39, 0.29) is 21.8 Å². The van der Waals surface area contributed by atoms with Gasteiger partial charge in [0.15, 0.2) is 11.6 Å². The van der Waals surface area contributed by atoms with Gasteiger partial charge in [-0.15, -0.1) is 0 Å². The van der Waals surface area contributed by atoms with Crippen LogP contribution >= 0.6 is 11.6 Å². The van der Waals surface area contributed by atoms with Crippen LogP contribution in [0.15, 0.2) is 36.4 Å². The van der Waals surface area contributed by atoms with Crippen LogP contribution in [-0.2, 0) is 0 Å². The number of hydrogen-bond donors (Lipinski definition) is 1. The predicted molar refractivity (Wildman–Crippen MR) is 81.4 cm³/mol. The van der Waals surface area contributed by atoms with Crippen LogP contribution in [0.4, 0.5) is 32.4 Å². The summed E-state index contributed by atoms with van der Waals surface area (Å²) in [7, 11) is 0. The minimum Gasteiger partial charge on any atom is -0.307 e. The molecule has 132 valence electrons. The van der Waals surface area contributed by atoms with Crippen molar-refractivity contribution in [2.75, 3.05) is 11.9 Å². The van der Waals surface area contributed by atoms with Gasteiger partial charge in [-0.2, -0.15) is 13.2 Å². The number of anilines is 1. The van der Waals surface area contributed by atoms with Crippen molar-refractivity contribution in [2.45, 2.75) is 12.2 Å². The number of carbonyl (C=O) groups excluding carboxylic acids is 1. The molecule has 3 rings (SSSR count). The van der Waals surface area contributed by atoms with Gasteiger partial charge in [-0.25, -0.2) is 13.6 Å². The molecule has 2 aromatic carbocycles. The third-order valence-electron chi connectivity index (χ3n) is 3.73. The van der Waals surface area contributed by atoms with Crippen LogP contribution in [0.2, 0.25) is 5.02 Å². The first-order valence-corrected chi connectivity index (χ1v) is 7.42. The van der Waals surface area contributed by atoms with Gasteiger partial charge in [0.1, 0.15) is 6.54 Å². The zero-order chi connectivity index (χ0) is 18.4. The number of nitrogens with zero attached hydrogens (tertiary/aromatic N) is 1. The lowest BCUT2D eigenvalue weighted by molar-refractivity contribution is -0.142. The van der Waals surface area contributed by atoms with Crippen molar-refractivity contribution < 1.29 is 26.7 Å². The summed E-state index contributed by atoms with van der Waals surface area (Å²) in [6.07, 6.45) is -4.68. The summed E-state index contributed by atoms with van der Waals surface area (Å²) >= 11 is 5.92. The number of carbonyl (C=O) groups is 1. The molecule has 0 aromatic heterocycles. The second kappa shape index (κ2) is 6.18. The fraction of sp³-hybridized carbons (Fsp3) is 0.188.